The molecule has 0 saturated heterocycles. The Bertz CT molecular complexity index is 469. The molecule has 72 valence electrons. The number of benzene rings is 1. The van der Waals surface area contributed by atoms with E-state index in [0.29, 0.717) is 3.95 Å². The summed E-state index contributed by atoms with van der Waals surface area (Å²) in [6.07, 6.45) is 0. The molecule has 3 nitrogen and oxygen atoms in total. The van der Waals surface area contributed by atoms with Crippen molar-refractivity contribution in [2.45, 2.75) is 6.92 Å². The molecule has 5 heteroatoms. The van der Waals surface area contributed by atoms with Crippen LogP contribution < -0.4 is 5.32 Å². The van der Waals surface area contributed by atoms with E-state index in [0.717, 1.165) is 10.8 Å². The van der Waals surface area contributed by atoms with Crippen LogP contribution in [0, 0.1) is 10.9 Å². The normalized spacial score (nSPS) is 10.1. The zero-order chi connectivity index (χ0) is 9.97. The molecule has 0 aliphatic heterocycles. The molecule has 2 aromatic rings. The Labute approximate surface area is 90.8 Å². The second kappa shape index (κ2) is 3.89. The third-order valence-corrected chi connectivity index (χ3v) is 2.75. The van der Waals surface area contributed by atoms with Crippen LogP contribution >= 0.6 is 23.6 Å². The van der Waals surface area contributed by atoms with Crippen molar-refractivity contribution < 1.29 is 0 Å². The molecule has 0 aliphatic carbocycles. The largest absolute Gasteiger partial charge is 0.330 e. The highest BCUT2D eigenvalue weighted by atomic mass is 32.1. The Morgan fingerprint density at radius 3 is 2.64 bits per heavy atom. The molecular weight excluding hydrogens is 214 g/mol. The second-order valence-corrected chi connectivity index (χ2v) is 4.58. The molecule has 0 amide bonds. The summed E-state index contributed by atoms with van der Waals surface area (Å²) in [5, 5.41) is 10.7. The number of hydrogen-bond donors (Lipinski definition) is 2. The minimum Gasteiger partial charge on any atom is -0.330 e. The molecule has 0 unspecified atom stereocenters. The lowest BCUT2D eigenvalue weighted by Gasteiger charge is -2.01. The molecule has 1 aromatic carbocycles. The summed E-state index contributed by atoms with van der Waals surface area (Å²) in [6, 6.07) is 8.13. The first kappa shape index (κ1) is 9.36. The zero-order valence-corrected chi connectivity index (χ0v) is 9.21. The number of nitrogens with zero attached hydrogens (tertiary/aromatic N) is 1. The van der Waals surface area contributed by atoms with Crippen LogP contribution in [0.25, 0.3) is 0 Å². The number of anilines is 2. The average molecular weight is 223 g/mol. The van der Waals surface area contributed by atoms with E-state index in [1.807, 2.05) is 24.3 Å². The van der Waals surface area contributed by atoms with Crippen molar-refractivity contribution in [3.05, 3.63) is 33.8 Å². The highest BCUT2D eigenvalue weighted by Gasteiger charge is 1.97. The van der Waals surface area contributed by atoms with Gasteiger partial charge in [-0.15, -0.1) is 5.10 Å². The molecule has 2 N–H and O–H groups in total. The molecule has 0 spiro atoms. The fraction of sp³-hybridized carbons (Fsp3) is 0.111. The van der Waals surface area contributed by atoms with Gasteiger partial charge in [0, 0.05) is 5.69 Å². The smallest absolute Gasteiger partial charge is 0.208 e. The van der Waals surface area contributed by atoms with Gasteiger partial charge in [0.15, 0.2) is 3.95 Å². The van der Waals surface area contributed by atoms with E-state index in [2.05, 4.69) is 22.4 Å². The van der Waals surface area contributed by atoms with Crippen LogP contribution in [-0.4, -0.2) is 10.2 Å². The minimum atomic E-state index is 0.680. The van der Waals surface area contributed by atoms with Crippen LogP contribution in [-0.2, 0) is 0 Å². The van der Waals surface area contributed by atoms with Gasteiger partial charge in [-0.05, 0) is 31.3 Å². The quantitative estimate of drug-likeness (QED) is 0.768. The summed E-state index contributed by atoms with van der Waals surface area (Å²) in [6.45, 7) is 2.06. The van der Waals surface area contributed by atoms with E-state index >= 15 is 0 Å². The molecule has 0 atom stereocenters. The van der Waals surface area contributed by atoms with Crippen LogP contribution in [0.4, 0.5) is 10.8 Å². The standard InChI is InChI=1S/C9H9N3S2/c1-6-2-4-7(5-3-6)10-8-11-12-9(13)14-8/h2-5H,1H3,(H,10,11)(H,12,13). The maximum atomic E-state index is 4.93. The lowest BCUT2D eigenvalue weighted by molar-refractivity contribution is 1.08. The third kappa shape index (κ3) is 2.18. The van der Waals surface area contributed by atoms with Crippen molar-refractivity contribution in [2.75, 3.05) is 5.32 Å². The van der Waals surface area contributed by atoms with E-state index in [1.54, 1.807) is 0 Å². The van der Waals surface area contributed by atoms with Gasteiger partial charge in [0.1, 0.15) is 0 Å². The molecule has 0 aliphatic rings. The van der Waals surface area contributed by atoms with Gasteiger partial charge in [0.25, 0.3) is 0 Å². The molecule has 1 aromatic heterocycles. The predicted octanol–water partition coefficient (Wildman–Crippen LogP) is 3.25. The van der Waals surface area contributed by atoms with Gasteiger partial charge in [-0.3, -0.25) is 5.10 Å². The summed E-state index contributed by atoms with van der Waals surface area (Å²) in [7, 11) is 0. The Kier molecular flexibility index (Phi) is 2.60. The van der Waals surface area contributed by atoms with Crippen LogP contribution in [0.1, 0.15) is 5.56 Å². The number of aromatic nitrogens is 2. The van der Waals surface area contributed by atoms with Crippen molar-refractivity contribution in [3.63, 3.8) is 0 Å². The Balaban J connectivity index is 2.19. The number of rotatable bonds is 2. The molecule has 1 heterocycles. The van der Waals surface area contributed by atoms with Crippen molar-refractivity contribution in [2.24, 2.45) is 0 Å². The summed E-state index contributed by atoms with van der Waals surface area (Å²) >= 11 is 6.35. The predicted molar refractivity (Wildman–Crippen MR) is 61.8 cm³/mol. The fourth-order valence-electron chi connectivity index (χ4n) is 1.04. The van der Waals surface area contributed by atoms with Crippen molar-refractivity contribution in [1.29, 1.82) is 0 Å². The maximum Gasteiger partial charge on any atom is 0.208 e. The Morgan fingerprint density at radius 2 is 2.07 bits per heavy atom. The number of H-pyrrole nitrogens is 1. The van der Waals surface area contributed by atoms with Gasteiger partial charge >= 0.3 is 0 Å². The molecule has 0 fully saturated rings. The first-order valence-corrected chi connectivity index (χ1v) is 5.36. The van der Waals surface area contributed by atoms with Gasteiger partial charge in [-0.25, -0.2) is 0 Å². The number of aromatic amines is 1. The first-order valence-electron chi connectivity index (χ1n) is 4.13. The summed E-state index contributed by atoms with van der Waals surface area (Å²) in [5.74, 6) is 0. The summed E-state index contributed by atoms with van der Waals surface area (Å²) < 4.78 is 0.680. The fourth-order valence-corrected chi connectivity index (χ4v) is 1.85. The van der Waals surface area contributed by atoms with E-state index < -0.39 is 0 Å². The number of hydrogen-bond acceptors (Lipinski definition) is 4. The van der Waals surface area contributed by atoms with Crippen molar-refractivity contribution in [1.82, 2.24) is 10.2 Å². The lowest BCUT2D eigenvalue weighted by Crippen LogP contribution is -1.88. The van der Waals surface area contributed by atoms with Crippen LogP contribution in [0.3, 0.4) is 0 Å². The minimum absolute atomic E-state index is 0.680. The van der Waals surface area contributed by atoms with Gasteiger partial charge < -0.3 is 5.32 Å². The lowest BCUT2D eigenvalue weighted by atomic mass is 10.2. The monoisotopic (exact) mass is 223 g/mol. The third-order valence-electron chi connectivity index (χ3n) is 1.74. The Hall–Kier alpha value is -1.20. The Morgan fingerprint density at radius 1 is 1.36 bits per heavy atom. The summed E-state index contributed by atoms with van der Waals surface area (Å²) in [5.41, 5.74) is 2.26. The van der Waals surface area contributed by atoms with E-state index in [4.69, 9.17) is 12.2 Å². The van der Waals surface area contributed by atoms with Crippen molar-refractivity contribution >= 4 is 34.4 Å². The van der Waals surface area contributed by atoms with Gasteiger partial charge in [-0.1, -0.05) is 29.0 Å². The van der Waals surface area contributed by atoms with E-state index in [9.17, 15) is 0 Å². The van der Waals surface area contributed by atoms with Gasteiger partial charge in [0.2, 0.25) is 5.13 Å². The molecule has 2 rings (SSSR count). The molecule has 0 radical (unpaired) electrons. The highest BCUT2D eigenvalue weighted by Crippen LogP contribution is 2.18. The van der Waals surface area contributed by atoms with Crippen LogP contribution in [0.2, 0.25) is 0 Å². The van der Waals surface area contributed by atoms with Crippen LogP contribution in [0.15, 0.2) is 24.3 Å². The average Bonchev–Trinajstić information content (AvgIpc) is 2.56. The first-order chi connectivity index (χ1) is 6.74. The zero-order valence-electron chi connectivity index (χ0n) is 7.57. The SMILES string of the molecule is Cc1ccc(Nc2n[nH]c(=S)s2)cc1. The van der Waals surface area contributed by atoms with Gasteiger partial charge in [-0.2, -0.15) is 0 Å². The maximum absolute atomic E-state index is 4.93. The second-order valence-electron chi connectivity index (χ2n) is 2.91. The highest BCUT2D eigenvalue weighted by molar-refractivity contribution is 7.73. The van der Waals surface area contributed by atoms with Gasteiger partial charge in [0.05, 0.1) is 0 Å². The summed E-state index contributed by atoms with van der Waals surface area (Å²) in [4.78, 5) is 0. The van der Waals surface area contributed by atoms with Crippen molar-refractivity contribution in [3.8, 4) is 0 Å². The molecule has 0 bridgehead atoms. The molecular formula is C9H9N3S2. The number of aryl methyl sites for hydroxylation is 1. The topological polar surface area (TPSA) is 40.7 Å². The number of nitrogens with one attached hydrogen (secondary N) is 2. The van der Waals surface area contributed by atoms with E-state index in [1.165, 1.54) is 16.9 Å². The molecule has 14 heavy (non-hydrogen) atoms. The molecule has 0 saturated carbocycles. The van der Waals surface area contributed by atoms with E-state index in [-0.39, 0.29) is 0 Å². The van der Waals surface area contributed by atoms with Crippen LogP contribution in [0.5, 0.6) is 0 Å².